The molecule has 0 aliphatic carbocycles. The van der Waals surface area contributed by atoms with Gasteiger partial charge in [0.05, 0.1) is 7.11 Å². The normalized spacial score (nSPS) is 11.6. The minimum absolute atomic E-state index is 0. The SMILES string of the molecule is COC(=O)[C@H](N)c1cccc(OC(F)F)c1.Cl. The van der Waals surface area contributed by atoms with Gasteiger partial charge >= 0.3 is 12.6 Å². The molecule has 2 N–H and O–H groups in total. The number of benzene rings is 1. The van der Waals surface area contributed by atoms with Gasteiger partial charge in [0.15, 0.2) is 0 Å². The fraction of sp³-hybridized carbons (Fsp3) is 0.300. The first kappa shape index (κ1) is 15.6. The van der Waals surface area contributed by atoms with E-state index in [0.29, 0.717) is 5.56 Å². The number of methoxy groups -OCH3 is 1. The average Bonchev–Trinajstić information content (AvgIpc) is 2.26. The van der Waals surface area contributed by atoms with Crippen LogP contribution in [-0.4, -0.2) is 19.7 Å². The number of hydrogen-bond donors (Lipinski definition) is 1. The number of nitrogens with two attached hydrogens (primary N) is 1. The number of alkyl halides is 2. The van der Waals surface area contributed by atoms with Gasteiger partial charge in [-0.05, 0) is 17.7 Å². The van der Waals surface area contributed by atoms with Crippen molar-refractivity contribution in [1.82, 2.24) is 0 Å². The molecule has 96 valence electrons. The topological polar surface area (TPSA) is 61.5 Å². The third-order valence-corrected chi connectivity index (χ3v) is 1.90. The summed E-state index contributed by atoms with van der Waals surface area (Å²) in [5.41, 5.74) is 5.88. The molecule has 0 aliphatic heterocycles. The number of esters is 1. The molecule has 1 atom stereocenters. The van der Waals surface area contributed by atoms with E-state index in [9.17, 15) is 13.6 Å². The first-order valence-corrected chi connectivity index (χ1v) is 4.42. The predicted octanol–water partition coefficient (Wildman–Crippen LogP) is 1.88. The summed E-state index contributed by atoms with van der Waals surface area (Å²) in [5.74, 6) is -0.693. The summed E-state index contributed by atoms with van der Waals surface area (Å²) in [4.78, 5) is 11.1. The molecule has 4 nitrogen and oxygen atoms in total. The number of hydrogen-bond acceptors (Lipinski definition) is 4. The predicted molar refractivity (Wildman–Crippen MR) is 59.3 cm³/mol. The Morgan fingerprint density at radius 2 is 2.06 bits per heavy atom. The molecule has 7 heteroatoms. The molecule has 0 amide bonds. The van der Waals surface area contributed by atoms with Gasteiger partial charge in [0.2, 0.25) is 0 Å². The van der Waals surface area contributed by atoms with Gasteiger partial charge in [0, 0.05) is 0 Å². The van der Waals surface area contributed by atoms with Crippen LogP contribution in [0.1, 0.15) is 11.6 Å². The number of carbonyl (C=O) groups excluding carboxylic acids is 1. The molecule has 0 saturated carbocycles. The van der Waals surface area contributed by atoms with E-state index in [-0.39, 0.29) is 18.2 Å². The Labute approximate surface area is 103 Å². The summed E-state index contributed by atoms with van der Waals surface area (Å²) in [6, 6.07) is 4.61. The molecule has 0 bridgehead atoms. The minimum atomic E-state index is -2.91. The Morgan fingerprint density at radius 3 is 2.59 bits per heavy atom. The molecular weight excluding hydrogens is 256 g/mol. The standard InChI is InChI=1S/C10H11F2NO3.ClH/c1-15-9(14)8(13)6-3-2-4-7(5-6)16-10(11)12;/h2-5,8,10H,13H2,1H3;1H/t8-;/m1./s1. The molecule has 0 fully saturated rings. The molecule has 0 heterocycles. The Kier molecular flexibility index (Phi) is 6.45. The molecule has 0 spiro atoms. The lowest BCUT2D eigenvalue weighted by atomic mass is 10.1. The smallest absolute Gasteiger partial charge is 0.387 e. The summed E-state index contributed by atoms with van der Waals surface area (Å²) in [6.45, 7) is -2.91. The monoisotopic (exact) mass is 267 g/mol. The Morgan fingerprint density at radius 1 is 1.41 bits per heavy atom. The highest BCUT2D eigenvalue weighted by Crippen LogP contribution is 2.20. The summed E-state index contributed by atoms with van der Waals surface area (Å²) >= 11 is 0. The van der Waals surface area contributed by atoms with Crippen LogP contribution in [0.5, 0.6) is 5.75 Å². The van der Waals surface area contributed by atoms with Crippen molar-refractivity contribution < 1.29 is 23.0 Å². The van der Waals surface area contributed by atoms with Crippen molar-refractivity contribution in [3.63, 3.8) is 0 Å². The Balaban J connectivity index is 0.00000256. The van der Waals surface area contributed by atoms with E-state index in [1.165, 1.54) is 31.4 Å². The van der Waals surface area contributed by atoms with E-state index in [0.717, 1.165) is 0 Å². The summed E-state index contributed by atoms with van der Waals surface area (Å²) in [6.07, 6.45) is 0. The van der Waals surface area contributed by atoms with Crippen molar-refractivity contribution in [2.75, 3.05) is 7.11 Å². The van der Waals surface area contributed by atoms with Crippen LogP contribution in [-0.2, 0) is 9.53 Å². The number of carbonyl (C=O) groups is 1. The summed E-state index contributed by atoms with van der Waals surface area (Å²) < 4.78 is 32.5. The van der Waals surface area contributed by atoms with Gasteiger partial charge in [-0.2, -0.15) is 8.78 Å². The lowest BCUT2D eigenvalue weighted by molar-refractivity contribution is -0.142. The van der Waals surface area contributed by atoms with Gasteiger partial charge in [-0.25, -0.2) is 0 Å². The zero-order chi connectivity index (χ0) is 12.1. The van der Waals surface area contributed by atoms with Crippen LogP contribution >= 0.6 is 12.4 Å². The molecule has 0 unspecified atom stereocenters. The third-order valence-electron chi connectivity index (χ3n) is 1.90. The van der Waals surface area contributed by atoms with Gasteiger partial charge in [0.25, 0.3) is 0 Å². The van der Waals surface area contributed by atoms with Crippen LogP contribution < -0.4 is 10.5 Å². The van der Waals surface area contributed by atoms with Gasteiger partial charge in [-0.15, -0.1) is 12.4 Å². The van der Waals surface area contributed by atoms with Crippen molar-refractivity contribution in [3.05, 3.63) is 29.8 Å². The van der Waals surface area contributed by atoms with Gasteiger partial charge in [0.1, 0.15) is 11.8 Å². The van der Waals surface area contributed by atoms with E-state index in [1.807, 2.05) is 0 Å². The lowest BCUT2D eigenvalue weighted by Gasteiger charge is -2.11. The van der Waals surface area contributed by atoms with E-state index in [1.54, 1.807) is 0 Å². The number of rotatable bonds is 4. The second-order valence-corrected chi connectivity index (χ2v) is 2.95. The van der Waals surface area contributed by atoms with Crippen LogP contribution in [0.3, 0.4) is 0 Å². The quantitative estimate of drug-likeness (QED) is 0.846. The van der Waals surface area contributed by atoms with Crippen LogP contribution in [0.25, 0.3) is 0 Å². The molecule has 0 aromatic heterocycles. The molecule has 0 saturated heterocycles. The maximum atomic E-state index is 11.9. The van der Waals surface area contributed by atoms with Crippen molar-refractivity contribution >= 4 is 18.4 Å². The minimum Gasteiger partial charge on any atom is -0.468 e. The zero-order valence-corrected chi connectivity index (χ0v) is 9.75. The Bertz CT molecular complexity index is 376. The molecule has 1 rings (SSSR count). The van der Waals surface area contributed by atoms with Crippen molar-refractivity contribution in [2.45, 2.75) is 12.7 Å². The van der Waals surface area contributed by atoms with Crippen LogP contribution in [0, 0.1) is 0 Å². The molecule has 0 radical (unpaired) electrons. The van der Waals surface area contributed by atoms with Crippen LogP contribution in [0.4, 0.5) is 8.78 Å². The van der Waals surface area contributed by atoms with Crippen molar-refractivity contribution in [3.8, 4) is 5.75 Å². The van der Waals surface area contributed by atoms with Crippen LogP contribution in [0.15, 0.2) is 24.3 Å². The molecule has 0 aliphatic rings. The highest BCUT2D eigenvalue weighted by Gasteiger charge is 2.17. The van der Waals surface area contributed by atoms with E-state index < -0.39 is 18.6 Å². The lowest BCUT2D eigenvalue weighted by Crippen LogP contribution is -2.22. The molecular formula is C10H12ClF2NO3. The Hall–Kier alpha value is -1.40. The number of halogens is 3. The first-order chi connectivity index (χ1) is 7.54. The largest absolute Gasteiger partial charge is 0.468 e. The third kappa shape index (κ3) is 4.54. The van der Waals surface area contributed by atoms with Gasteiger partial charge in [-0.3, -0.25) is 4.79 Å². The van der Waals surface area contributed by atoms with E-state index in [4.69, 9.17) is 5.73 Å². The van der Waals surface area contributed by atoms with Crippen molar-refractivity contribution in [2.24, 2.45) is 5.73 Å². The van der Waals surface area contributed by atoms with Gasteiger partial charge in [-0.1, -0.05) is 12.1 Å². The second kappa shape index (κ2) is 7.03. The first-order valence-electron chi connectivity index (χ1n) is 4.42. The molecule has 1 aromatic carbocycles. The van der Waals surface area contributed by atoms with Gasteiger partial charge < -0.3 is 15.2 Å². The fourth-order valence-electron chi connectivity index (χ4n) is 1.15. The molecule has 17 heavy (non-hydrogen) atoms. The van der Waals surface area contributed by atoms with Crippen molar-refractivity contribution in [1.29, 1.82) is 0 Å². The second-order valence-electron chi connectivity index (χ2n) is 2.95. The van der Waals surface area contributed by atoms with E-state index in [2.05, 4.69) is 9.47 Å². The average molecular weight is 268 g/mol. The molecule has 1 aromatic rings. The number of ether oxygens (including phenoxy) is 2. The maximum absolute atomic E-state index is 11.9. The highest BCUT2D eigenvalue weighted by atomic mass is 35.5. The van der Waals surface area contributed by atoms with E-state index >= 15 is 0 Å². The zero-order valence-electron chi connectivity index (χ0n) is 8.93. The maximum Gasteiger partial charge on any atom is 0.387 e. The summed E-state index contributed by atoms with van der Waals surface area (Å²) in [7, 11) is 1.20. The van der Waals surface area contributed by atoms with Crippen LogP contribution in [0.2, 0.25) is 0 Å². The fourth-order valence-corrected chi connectivity index (χ4v) is 1.15. The summed E-state index contributed by atoms with van der Waals surface area (Å²) in [5, 5.41) is 0. The highest BCUT2D eigenvalue weighted by molar-refractivity contribution is 5.85.